The van der Waals surface area contributed by atoms with Crippen LogP contribution in [0.4, 0.5) is 10.5 Å². The molecule has 6 heteroatoms. The smallest absolute Gasteiger partial charge is 0.322 e. The lowest BCUT2D eigenvalue weighted by molar-refractivity contribution is 0.245. The van der Waals surface area contributed by atoms with Gasteiger partial charge in [-0.15, -0.1) is 0 Å². The number of carbonyl (C=O) groups is 1. The van der Waals surface area contributed by atoms with E-state index in [2.05, 4.69) is 10.3 Å². The number of fused-ring (bicyclic) bond motifs is 1. The maximum Gasteiger partial charge on any atom is 0.322 e. The predicted molar refractivity (Wildman–Crippen MR) is 113 cm³/mol. The molecule has 0 fully saturated rings. The molecule has 0 saturated heterocycles. The van der Waals surface area contributed by atoms with Crippen molar-refractivity contribution in [1.29, 1.82) is 0 Å². The summed E-state index contributed by atoms with van der Waals surface area (Å²) in [6.45, 7) is 0.836. The normalized spacial score (nSPS) is 10.7. The standard InChI is InChI=1S/C23H22N4O2/c1-29-21-12-10-18(11-13-21)15-25-23(28)27(19-7-3-2-4-8-19)17-20-16-24-22-9-5-6-14-26(20)22/h2-14,16H,15,17H2,1H3,(H,25,28). The Bertz CT molecular complexity index is 1090. The van der Waals surface area contributed by atoms with Gasteiger partial charge in [-0.2, -0.15) is 0 Å². The molecule has 2 aromatic heterocycles. The van der Waals surface area contributed by atoms with Crippen LogP contribution in [0.1, 0.15) is 11.3 Å². The number of anilines is 1. The first kappa shape index (κ1) is 18.6. The monoisotopic (exact) mass is 386 g/mol. The molecule has 2 amide bonds. The maximum atomic E-state index is 13.1. The average Bonchev–Trinajstić information content (AvgIpc) is 3.19. The minimum atomic E-state index is -0.169. The fraction of sp³-hybridized carbons (Fsp3) is 0.130. The van der Waals surface area contributed by atoms with Crippen molar-refractivity contribution < 1.29 is 9.53 Å². The Morgan fingerprint density at radius 1 is 1.03 bits per heavy atom. The number of methoxy groups -OCH3 is 1. The van der Waals surface area contributed by atoms with Crippen LogP contribution in [0.25, 0.3) is 5.65 Å². The van der Waals surface area contributed by atoms with Gasteiger partial charge in [-0.05, 0) is 42.0 Å². The van der Waals surface area contributed by atoms with Crippen molar-refractivity contribution in [2.45, 2.75) is 13.1 Å². The van der Waals surface area contributed by atoms with Crippen molar-refractivity contribution >= 4 is 17.4 Å². The number of benzene rings is 2. The summed E-state index contributed by atoms with van der Waals surface area (Å²) in [5.74, 6) is 0.790. The molecule has 4 aromatic rings. The number of ether oxygens (including phenoxy) is 1. The molecule has 2 aromatic carbocycles. The maximum absolute atomic E-state index is 13.1. The number of nitrogens with zero attached hydrogens (tertiary/aromatic N) is 3. The van der Waals surface area contributed by atoms with Gasteiger partial charge < -0.3 is 14.5 Å². The van der Waals surface area contributed by atoms with Crippen molar-refractivity contribution in [3.8, 4) is 5.75 Å². The van der Waals surface area contributed by atoms with Gasteiger partial charge in [0.25, 0.3) is 0 Å². The van der Waals surface area contributed by atoms with Crippen molar-refractivity contribution in [3.63, 3.8) is 0 Å². The highest BCUT2D eigenvalue weighted by Crippen LogP contribution is 2.18. The second-order valence-corrected chi connectivity index (χ2v) is 6.61. The molecule has 146 valence electrons. The number of carbonyl (C=O) groups excluding carboxylic acids is 1. The zero-order valence-corrected chi connectivity index (χ0v) is 16.2. The Hall–Kier alpha value is -3.80. The van der Waals surface area contributed by atoms with Crippen molar-refractivity contribution in [2.24, 2.45) is 0 Å². The lowest BCUT2D eigenvalue weighted by atomic mass is 10.2. The zero-order chi connectivity index (χ0) is 20.1. The Balaban J connectivity index is 1.54. The van der Waals surface area contributed by atoms with E-state index < -0.39 is 0 Å². The Labute approximate surface area is 169 Å². The third kappa shape index (κ3) is 4.21. The number of aromatic nitrogens is 2. The quantitative estimate of drug-likeness (QED) is 0.539. The van der Waals surface area contributed by atoms with Gasteiger partial charge >= 0.3 is 6.03 Å². The number of hydrogen-bond donors (Lipinski definition) is 1. The first-order valence-electron chi connectivity index (χ1n) is 9.39. The van der Waals surface area contributed by atoms with Gasteiger partial charge in [0.2, 0.25) is 0 Å². The van der Waals surface area contributed by atoms with Crippen molar-refractivity contribution in [3.05, 3.63) is 96.4 Å². The van der Waals surface area contributed by atoms with Crippen LogP contribution in [-0.4, -0.2) is 22.5 Å². The summed E-state index contributed by atoms with van der Waals surface area (Å²) in [5.41, 5.74) is 3.62. The van der Waals surface area contributed by atoms with Gasteiger partial charge in [-0.3, -0.25) is 4.90 Å². The van der Waals surface area contributed by atoms with Crippen molar-refractivity contribution in [1.82, 2.24) is 14.7 Å². The Morgan fingerprint density at radius 3 is 2.55 bits per heavy atom. The summed E-state index contributed by atoms with van der Waals surface area (Å²) in [5, 5.41) is 3.01. The molecule has 0 aliphatic carbocycles. The number of hydrogen-bond acceptors (Lipinski definition) is 3. The number of nitrogens with one attached hydrogen (secondary N) is 1. The zero-order valence-electron chi connectivity index (χ0n) is 16.2. The molecule has 6 nitrogen and oxygen atoms in total. The van der Waals surface area contributed by atoms with Crippen LogP contribution >= 0.6 is 0 Å². The minimum absolute atomic E-state index is 0.169. The van der Waals surface area contributed by atoms with E-state index in [1.54, 1.807) is 12.0 Å². The molecule has 29 heavy (non-hydrogen) atoms. The van der Waals surface area contributed by atoms with Gasteiger partial charge in [-0.25, -0.2) is 9.78 Å². The lowest BCUT2D eigenvalue weighted by Crippen LogP contribution is -2.39. The summed E-state index contributed by atoms with van der Waals surface area (Å²) < 4.78 is 7.17. The number of para-hydroxylation sites is 1. The molecule has 0 unspecified atom stereocenters. The largest absolute Gasteiger partial charge is 0.497 e. The van der Waals surface area contributed by atoms with Gasteiger partial charge in [0.05, 0.1) is 25.5 Å². The topological polar surface area (TPSA) is 58.9 Å². The first-order valence-corrected chi connectivity index (χ1v) is 9.39. The van der Waals surface area contributed by atoms with Crippen LogP contribution in [0.5, 0.6) is 5.75 Å². The molecule has 2 heterocycles. The number of pyridine rings is 1. The van der Waals surface area contributed by atoms with Crippen LogP contribution in [0.2, 0.25) is 0 Å². The molecule has 0 spiro atoms. The second-order valence-electron chi connectivity index (χ2n) is 6.61. The average molecular weight is 386 g/mol. The fourth-order valence-corrected chi connectivity index (χ4v) is 3.17. The molecule has 4 rings (SSSR count). The van der Waals surface area contributed by atoms with E-state index >= 15 is 0 Å². The summed E-state index contributed by atoms with van der Waals surface area (Å²) in [6.07, 6.45) is 3.76. The second kappa shape index (κ2) is 8.48. The molecule has 0 bridgehead atoms. The minimum Gasteiger partial charge on any atom is -0.497 e. The predicted octanol–water partition coefficient (Wildman–Crippen LogP) is 4.26. The molecule has 0 atom stereocenters. The first-order chi connectivity index (χ1) is 14.2. The molecule has 0 saturated carbocycles. The van der Waals surface area contributed by atoms with Crippen LogP contribution in [-0.2, 0) is 13.1 Å². The van der Waals surface area contributed by atoms with Crippen LogP contribution < -0.4 is 15.0 Å². The number of amides is 2. The number of urea groups is 1. The molecule has 1 N–H and O–H groups in total. The van der Waals surface area contributed by atoms with Gasteiger partial charge in [-0.1, -0.05) is 36.4 Å². The summed E-state index contributed by atoms with van der Waals surface area (Å²) >= 11 is 0. The van der Waals surface area contributed by atoms with E-state index in [4.69, 9.17) is 4.74 Å². The van der Waals surface area contributed by atoms with E-state index in [1.807, 2.05) is 89.6 Å². The summed E-state index contributed by atoms with van der Waals surface area (Å²) in [6, 6.07) is 23.0. The van der Waals surface area contributed by atoms with E-state index in [-0.39, 0.29) is 6.03 Å². The van der Waals surface area contributed by atoms with Gasteiger partial charge in [0.15, 0.2) is 0 Å². The lowest BCUT2D eigenvalue weighted by Gasteiger charge is -2.23. The summed E-state index contributed by atoms with van der Waals surface area (Å²) in [7, 11) is 1.63. The highest BCUT2D eigenvalue weighted by molar-refractivity contribution is 5.91. The molecule has 0 aliphatic heterocycles. The van der Waals surface area contributed by atoms with Crippen LogP contribution in [0.3, 0.4) is 0 Å². The van der Waals surface area contributed by atoms with E-state index in [9.17, 15) is 4.79 Å². The highest BCUT2D eigenvalue weighted by Gasteiger charge is 2.18. The van der Waals surface area contributed by atoms with Crippen LogP contribution in [0, 0.1) is 0 Å². The number of imidazole rings is 1. The fourth-order valence-electron chi connectivity index (χ4n) is 3.17. The summed E-state index contributed by atoms with van der Waals surface area (Å²) in [4.78, 5) is 19.2. The van der Waals surface area contributed by atoms with Crippen molar-refractivity contribution in [2.75, 3.05) is 12.0 Å². The van der Waals surface area contributed by atoms with E-state index in [0.29, 0.717) is 13.1 Å². The van der Waals surface area contributed by atoms with Gasteiger partial charge in [0.1, 0.15) is 11.4 Å². The third-order valence-corrected chi connectivity index (χ3v) is 4.73. The SMILES string of the molecule is COc1ccc(CNC(=O)N(Cc2cnc3ccccn23)c2ccccc2)cc1. The highest BCUT2D eigenvalue weighted by atomic mass is 16.5. The Kier molecular flexibility index (Phi) is 5.42. The molecular formula is C23H22N4O2. The Morgan fingerprint density at radius 2 is 1.79 bits per heavy atom. The number of rotatable bonds is 6. The van der Waals surface area contributed by atoms with Crippen LogP contribution in [0.15, 0.2) is 85.2 Å². The van der Waals surface area contributed by atoms with E-state index in [1.165, 1.54) is 0 Å². The third-order valence-electron chi connectivity index (χ3n) is 4.73. The van der Waals surface area contributed by atoms with E-state index in [0.717, 1.165) is 28.3 Å². The molecule has 0 radical (unpaired) electrons. The molecule has 0 aliphatic rings. The molecular weight excluding hydrogens is 364 g/mol. The van der Waals surface area contributed by atoms with Gasteiger partial charge in [0, 0.05) is 18.4 Å².